The van der Waals surface area contributed by atoms with Crippen LogP contribution < -0.4 is 4.74 Å². The summed E-state index contributed by atoms with van der Waals surface area (Å²) in [7, 11) is 0. The van der Waals surface area contributed by atoms with Crippen LogP contribution in [0.5, 0.6) is 5.75 Å². The topological polar surface area (TPSA) is 9.23 Å². The number of hydrogen-bond donors (Lipinski definition) is 0. The average molecular weight is 400 g/mol. The highest BCUT2D eigenvalue weighted by Gasteiger charge is 2.31. The summed E-state index contributed by atoms with van der Waals surface area (Å²) in [5.74, 6) is 1.44. The Labute approximate surface area is 170 Å². The lowest BCUT2D eigenvalue weighted by molar-refractivity contribution is -0.274. The summed E-state index contributed by atoms with van der Waals surface area (Å²) in [6, 6.07) is 13.6. The van der Waals surface area contributed by atoms with Gasteiger partial charge in [0.2, 0.25) is 0 Å². The molecular formula is C25H27F3O. The van der Waals surface area contributed by atoms with Crippen molar-refractivity contribution in [1.29, 1.82) is 0 Å². The second kappa shape index (κ2) is 8.25. The maximum absolute atomic E-state index is 12.4. The van der Waals surface area contributed by atoms with Crippen molar-refractivity contribution in [3.05, 3.63) is 70.8 Å². The standard InChI is InChI=1S/C25H27F3O/c1-2-17-3-5-18(6-4-17)19-7-9-20(10-8-19)21-11-12-23-16-24(29-25(26,27)28)14-13-22(23)15-21/h7-11,13-14,16-18H,2-6,12,15H2,1H3. The number of allylic oxidation sites excluding steroid dienone is 2. The number of ether oxygens (including phenoxy) is 1. The first-order valence-electron chi connectivity index (χ1n) is 10.6. The van der Waals surface area contributed by atoms with E-state index in [4.69, 9.17) is 0 Å². The number of fused-ring (bicyclic) bond motifs is 1. The highest BCUT2D eigenvalue weighted by molar-refractivity contribution is 5.71. The van der Waals surface area contributed by atoms with Crippen LogP contribution in [0.25, 0.3) is 5.57 Å². The largest absolute Gasteiger partial charge is 0.573 e. The summed E-state index contributed by atoms with van der Waals surface area (Å²) in [5, 5.41) is 0. The summed E-state index contributed by atoms with van der Waals surface area (Å²) in [5.41, 5.74) is 5.85. The minimum atomic E-state index is -4.65. The molecule has 29 heavy (non-hydrogen) atoms. The second-order valence-corrected chi connectivity index (χ2v) is 8.34. The average Bonchev–Trinajstić information content (AvgIpc) is 2.72. The van der Waals surface area contributed by atoms with Crippen LogP contribution in [0.2, 0.25) is 0 Å². The summed E-state index contributed by atoms with van der Waals surface area (Å²) in [6.45, 7) is 2.29. The molecule has 0 spiro atoms. The number of benzene rings is 2. The molecule has 0 aliphatic heterocycles. The first kappa shape index (κ1) is 20.1. The van der Waals surface area contributed by atoms with E-state index in [0.29, 0.717) is 12.3 Å². The van der Waals surface area contributed by atoms with Gasteiger partial charge >= 0.3 is 6.36 Å². The molecule has 1 fully saturated rings. The highest BCUT2D eigenvalue weighted by Crippen LogP contribution is 2.38. The van der Waals surface area contributed by atoms with Crippen LogP contribution >= 0.6 is 0 Å². The number of alkyl halides is 3. The van der Waals surface area contributed by atoms with Crippen molar-refractivity contribution in [2.45, 2.75) is 64.1 Å². The smallest absolute Gasteiger partial charge is 0.406 e. The van der Waals surface area contributed by atoms with Crippen molar-refractivity contribution >= 4 is 5.57 Å². The third-order valence-corrected chi connectivity index (χ3v) is 6.54. The van der Waals surface area contributed by atoms with E-state index in [-0.39, 0.29) is 5.75 Å². The Bertz CT molecular complexity index is 872. The van der Waals surface area contributed by atoms with Crippen LogP contribution in [0.1, 0.15) is 67.2 Å². The van der Waals surface area contributed by atoms with Gasteiger partial charge in [-0.05, 0) is 90.3 Å². The van der Waals surface area contributed by atoms with E-state index < -0.39 is 6.36 Å². The quantitative estimate of drug-likeness (QED) is 0.518. The van der Waals surface area contributed by atoms with Gasteiger partial charge in [0, 0.05) is 0 Å². The number of halogens is 3. The summed E-state index contributed by atoms with van der Waals surface area (Å²) >= 11 is 0. The first-order chi connectivity index (χ1) is 13.9. The normalized spacial score (nSPS) is 22.0. The van der Waals surface area contributed by atoms with Gasteiger partial charge in [0.25, 0.3) is 0 Å². The molecule has 0 unspecified atom stereocenters. The van der Waals surface area contributed by atoms with Gasteiger partial charge in [-0.1, -0.05) is 49.8 Å². The van der Waals surface area contributed by atoms with E-state index >= 15 is 0 Å². The lowest BCUT2D eigenvalue weighted by atomic mass is 9.77. The van der Waals surface area contributed by atoms with Gasteiger partial charge in [0.05, 0.1) is 0 Å². The zero-order valence-electron chi connectivity index (χ0n) is 16.8. The Hall–Kier alpha value is -2.23. The van der Waals surface area contributed by atoms with Gasteiger partial charge in [-0.2, -0.15) is 0 Å². The van der Waals surface area contributed by atoms with Gasteiger partial charge < -0.3 is 4.74 Å². The van der Waals surface area contributed by atoms with Crippen molar-refractivity contribution in [2.24, 2.45) is 5.92 Å². The fraction of sp³-hybridized carbons (Fsp3) is 0.440. The summed E-state index contributed by atoms with van der Waals surface area (Å²) < 4.78 is 41.3. The minimum absolute atomic E-state index is 0.143. The molecule has 0 aromatic heterocycles. The third kappa shape index (κ3) is 4.85. The van der Waals surface area contributed by atoms with Crippen LogP contribution in [0.4, 0.5) is 13.2 Å². The van der Waals surface area contributed by atoms with E-state index in [9.17, 15) is 13.2 Å². The van der Waals surface area contributed by atoms with Crippen LogP contribution in [-0.4, -0.2) is 6.36 Å². The lowest BCUT2D eigenvalue weighted by Crippen LogP contribution is -2.17. The van der Waals surface area contributed by atoms with E-state index in [1.165, 1.54) is 60.9 Å². The van der Waals surface area contributed by atoms with Crippen LogP contribution in [0.3, 0.4) is 0 Å². The monoisotopic (exact) mass is 400 g/mol. The zero-order chi connectivity index (χ0) is 20.4. The molecule has 0 N–H and O–H groups in total. The molecule has 2 aromatic carbocycles. The van der Waals surface area contributed by atoms with Crippen LogP contribution in [-0.2, 0) is 12.8 Å². The molecule has 1 nitrogen and oxygen atoms in total. The SMILES string of the molecule is CCC1CCC(c2ccc(C3=CCc4cc(OC(F)(F)F)ccc4C3)cc2)CC1. The molecule has 4 heteroatoms. The first-order valence-corrected chi connectivity index (χ1v) is 10.6. The van der Waals surface area contributed by atoms with E-state index in [1.54, 1.807) is 6.07 Å². The Balaban J connectivity index is 1.43. The lowest BCUT2D eigenvalue weighted by Gasteiger charge is -2.28. The minimum Gasteiger partial charge on any atom is -0.406 e. The molecule has 2 aromatic rings. The Morgan fingerprint density at radius 1 is 0.931 bits per heavy atom. The fourth-order valence-electron chi connectivity index (χ4n) is 4.77. The molecule has 154 valence electrons. The van der Waals surface area contributed by atoms with Gasteiger partial charge in [0.1, 0.15) is 5.75 Å². The molecule has 2 aliphatic carbocycles. The van der Waals surface area contributed by atoms with Gasteiger partial charge in [0.15, 0.2) is 0 Å². The molecule has 0 heterocycles. The van der Waals surface area contributed by atoms with Crippen molar-refractivity contribution in [2.75, 3.05) is 0 Å². The predicted octanol–water partition coefficient (Wildman–Crippen LogP) is 7.45. The molecule has 0 bridgehead atoms. The zero-order valence-corrected chi connectivity index (χ0v) is 16.8. The molecule has 0 radical (unpaired) electrons. The van der Waals surface area contributed by atoms with E-state index in [0.717, 1.165) is 23.5 Å². The Morgan fingerprint density at radius 2 is 1.66 bits per heavy atom. The highest BCUT2D eigenvalue weighted by atomic mass is 19.4. The van der Waals surface area contributed by atoms with E-state index in [2.05, 4.69) is 42.0 Å². The molecule has 1 saturated carbocycles. The Kier molecular flexibility index (Phi) is 5.71. The van der Waals surface area contributed by atoms with Crippen molar-refractivity contribution in [3.8, 4) is 5.75 Å². The summed E-state index contributed by atoms with van der Waals surface area (Å²) in [6.07, 6.45) is 5.39. The van der Waals surface area contributed by atoms with Crippen molar-refractivity contribution in [3.63, 3.8) is 0 Å². The van der Waals surface area contributed by atoms with E-state index in [1.807, 2.05) is 0 Å². The number of rotatable bonds is 4. The molecular weight excluding hydrogens is 373 g/mol. The summed E-state index contributed by atoms with van der Waals surface area (Å²) in [4.78, 5) is 0. The fourth-order valence-corrected chi connectivity index (χ4v) is 4.77. The predicted molar refractivity (Wildman–Crippen MR) is 110 cm³/mol. The maximum atomic E-state index is 12.4. The second-order valence-electron chi connectivity index (χ2n) is 8.34. The van der Waals surface area contributed by atoms with Crippen molar-refractivity contribution in [1.82, 2.24) is 0 Å². The maximum Gasteiger partial charge on any atom is 0.573 e. The van der Waals surface area contributed by atoms with Crippen LogP contribution in [0, 0.1) is 5.92 Å². The Morgan fingerprint density at radius 3 is 2.31 bits per heavy atom. The van der Waals surface area contributed by atoms with Gasteiger partial charge in [-0.3, -0.25) is 0 Å². The van der Waals surface area contributed by atoms with Gasteiger partial charge in [-0.25, -0.2) is 0 Å². The molecule has 2 aliphatic rings. The number of hydrogen-bond acceptors (Lipinski definition) is 1. The van der Waals surface area contributed by atoms with Crippen LogP contribution in [0.15, 0.2) is 48.5 Å². The van der Waals surface area contributed by atoms with Gasteiger partial charge in [-0.15, -0.1) is 13.2 Å². The molecule has 4 rings (SSSR count). The molecule has 0 atom stereocenters. The molecule has 0 amide bonds. The van der Waals surface area contributed by atoms with Crippen molar-refractivity contribution < 1.29 is 17.9 Å². The molecule has 0 saturated heterocycles. The third-order valence-electron chi connectivity index (χ3n) is 6.54.